The van der Waals surface area contributed by atoms with Gasteiger partial charge in [0.15, 0.2) is 0 Å². The van der Waals surface area contributed by atoms with Crippen LogP contribution in [0.5, 0.6) is 0 Å². The van der Waals surface area contributed by atoms with Crippen molar-refractivity contribution in [2.45, 2.75) is 44.9 Å². The minimum Gasteiger partial charge on any atom is -0.348 e. The van der Waals surface area contributed by atoms with Crippen molar-refractivity contribution < 1.29 is 0 Å². The van der Waals surface area contributed by atoms with E-state index in [1.54, 1.807) is 0 Å². The van der Waals surface area contributed by atoms with Crippen LogP contribution in [-0.2, 0) is 12.5 Å². The van der Waals surface area contributed by atoms with Crippen molar-refractivity contribution in [3.8, 4) is 0 Å². The average Bonchev–Trinajstić information content (AvgIpc) is 2.97. The summed E-state index contributed by atoms with van der Waals surface area (Å²) in [7, 11) is 2.18. The highest BCUT2D eigenvalue weighted by atomic mass is 14.9. The van der Waals surface area contributed by atoms with Crippen LogP contribution >= 0.6 is 0 Å². The van der Waals surface area contributed by atoms with Crippen LogP contribution in [0.2, 0.25) is 0 Å². The zero-order valence-electron chi connectivity index (χ0n) is 12.3. The molecule has 102 valence electrons. The standard InChI is InChI=1S/C17H24N2/c1-12-6-7-14-15(10-12)19(3)13(2)16(14)17(11-18)8-4-5-9-17/h6-7,10H,4-5,8-9,11,18H2,1-3H3. The number of nitrogens with zero attached hydrogens (tertiary/aromatic N) is 1. The van der Waals surface area contributed by atoms with Gasteiger partial charge in [-0.15, -0.1) is 0 Å². The first-order chi connectivity index (χ1) is 9.09. The Morgan fingerprint density at radius 3 is 2.53 bits per heavy atom. The predicted octanol–water partition coefficient (Wildman–Crippen LogP) is 3.57. The highest BCUT2D eigenvalue weighted by Crippen LogP contribution is 2.45. The van der Waals surface area contributed by atoms with Gasteiger partial charge < -0.3 is 10.3 Å². The van der Waals surface area contributed by atoms with Crippen molar-refractivity contribution in [3.63, 3.8) is 0 Å². The molecule has 1 aliphatic carbocycles. The maximum Gasteiger partial charge on any atom is 0.0485 e. The molecule has 1 fully saturated rings. The topological polar surface area (TPSA) is 30.9 Å². The van der Waals surface area contributed by atoms with Gasteiger partial charge in [0.25, 0.3) is 0 Å². The molecule has 1 aliphatic rings. The monoisotopic (exact) mass is 256 g/mol. The van der Waals surface area contributed by atoms with Crippen molar-refractivity contribution >= 4 is 10.9 Å². The molecule has 2 N–H and O–H groups in total. The predicted molar refractivity (Wildman–Crippen MR) is 81.6 cm³/mol. The van der Waals surface area contributed by atoms with E-state index in [2.05, 4.69) is 43.7 Å². The number of rotatable bonds is 2. The van der Waals surface area contributed by atoms with E-state index in [0.29, 0.717) is 0 Å². The van der Waals surface area contributed by atoms with Crippen LogP contribution in [-0.4, -0.2) is 11.1 Å². The quantitative estimate of drug-likeness (QED) is 0.875. The summed E-state index contributed by atoms with van der Waals surface area (Å²) < 4.78 is 2.34. The Balaban J connectivity index is 2.31. The van der Waals surface area contributed by atoms with Crippen molar-refractivity contribution in [2.75, 3.05) is 6.54 Å². The summed E-state index contributed by atoms with van der Waals surface area (Å²) >= 11 is 0. The Kier molecular flexibility index (Phi) is 2.94. The van der Waals surface area contributed by atoms with Gasteiger partial charge in [-0.1, -0.05) is 25.0 Å². The summed E-state index contributed by atoms with van der Waals surface area (Å²) in [6.07, 6.45) is 5.13. The first kappa shape index (κ1) is 12.7. The molecule has 0 atom stereocenters. The van der Waals surface area contributed by atoms with E-state index in [9.17, 15) is 0 Å². The third kappa shape index (κ3) is 1.73. The molecule has 0 unspecified atom stereocenters. The fraction of sp³-hybridized carbons (Fsp3) is 0.529. The van der Waals surface area contributed by atoms with Crippen LogP contribution in [0.1, 0.15) is 42.5 Å². The summed E-state index contributed by atoms with van der Waals surface area (Å²) in [5.74, 6) is 0. The fourth-order valence-corrected chi connectivity index (χ4v) is 3.95. The Morgan fingerprint density at radius 1 is 1.21 bits per heavy atom. The lowest BCUT2D eigenvalue weighted by Crippen LogP contribution is -2.32. The van der Waals surface area contributed by atoms with E-state index < -0.39 is 0 Å². The van der Waals surface area contributed by atoms with Gasteiger partial charge >= 0.3 is 0 Å². The second-order valence-corrected chi connectivity index (χ2v) is 6.23. The van der Waals surface area contributed by atoms with E-state index in [4.69, 9.17) is 5.73 Å². The van der Waals surface area contributed by atoms with Gasteiger partial charge in [-0.2, -0.15) is 0 Å². The number of nitrogens with two attached hydrogens (primary N) is 1. The molecule has 0 radical (unpaired) electrons. The Labute approximate surface area is 115 Å². The van der Waals surface area contributed by atoms with Gasteiger partial charge in [-0.3, -0.25) is 0 Å². The van der Waals surface area contributed by atoms with Crippen molar-refractivity contribution in [3.05, 3.63) is 35.0 Å². The summed E-state index contributed by atoms with van der Waals surface area (Å²) in [6, 6.07) is 6.82. The number of aromatic nitrogens is 1. The molecule has 19 heavy (non-hydrogen) atoms. The molecule has 2 heteroatoms. The van der Waals surface area contributed by atoms with Crippen molar-refractivity contribution in [1.82, 2.24) is 4.57 Å². The third-order valence-corrected chi connectivity index (χ3v) is 5.13. The van der Waals surface area contributed by atoms with Gasteiger partial charge in [-0.05, 0) is 43.9 Å². The maximum atomic E-state index is 6.19. The van der Waals surface area contributed by atoms with Crippen LogP contribution in [0.25, 0.3) is 10.9 Å². The molecule has 3 rings (SSSR count). The van der Waals surface area contributed by atoms with Crippen LogP contribution < -0.4 is 5.73 Å². The highest BCUT2D eigenvalue weighted by molar-refractivity contribution is 5.87. The second-order valence-electron chi connectivity index (χ2n) is 6.23. The molecular weight excluding hydrogens is 232 g/mol. The zero-order valence-corrected chi connectivity index (χ0v) is 12.3. The van der Waals surface area contributed by atoms with Gasteiger partial charge in [0.1, 0.15) is 0 Å². The molecule has 0 spiro atoms. The third-order valence-electron chi connectivity index (χ3n) is 5.13. The Morgan fingerprint density at radius 2 is 1.89 bits per heavy atom. The van der Waals surface area contributed by atoms with E-state index in [0.717, 1.165) is 6.54 Å². The number of hydrogen-bond donors (Lipinski definition) is 1. The first-order valence-electron chi connectivity index (χ1n) is 7.35. The summed E-state index contributed by atoms with van der Waals surface area (Å²) in [5.41, 5.74) is 12.0. The number of fused-ring (bicyclic) bond motifs is 1. The fourth-order valence-electron chi connectivity index (χ4n) is 3.95. The van der Waals surface area contributed by atoms with E-state index in [1.807, 2.05) is 0 Å². The average molecular weight is 256 g/mol. The Bertz CT molecular complexity index is 616. The normalized spacial score (nSPS) is 18.3. The molecule has 1 aromatic carbocycles. The van der Waals surface area contributed by atoms with Crippen molar-refractivity contribution in [1.29, 1.82) is 0 Å². The van der Waals surface area contributed by atoms with Crippen LogP contribution in [0.15, 0.2) is 18.2 Å². The van der Waals surface area contributed by atoms with Gasteiger partial charge in [0, 0.05) is 35.6 Å². The van der Waals surface area contributed by atoms with E-state index in [-0.39, 0.29) is 5.41 Å². The molecule has 1 saturated carbocycles. The summed E-state index contributed by atoms with van der Waals surface area (Å²) in [4.78, 5) is 0. The molecule has 1 aromatic heterocycles. The summed E-state index contributed by atoms with van der Waals surface area (Å²) in [5, 5.41) is 1.41. The van der Waals surface area contributed by atoms with Crippen LogP contribution in [0, 0.1) is 13.8 Å². The largest absolute Gasteiger partial charge is 0.348 e. The molecule has 1 heterocycles. The Hall–Kier alpha value is -1.28. The molecule has 0 bridgehead atoms. The lowest BCUT2D eigenvalue weighted by atomic mass is 9.77. The van der Waals surface area contributed by atoms with Gasteiger partial charge in [0.05, 0.1) is 0 Å². The smallest absolute Gasteiger partial charge is 0.0485 e. The lowest BCUT2D eigenvalue weighted by Gasteiger charge is -2.28. The minimum absolute atomic E-state index is 0.221. The first-order valence-corrected chi connectivity index (χ1v) is 7.35. The lowest BCUT2D eigenvalue weighted by molar-refractivity contribution is 0.453. The molecule has 0 aliphatic heterocycles. The van der Waals surface area contributed by atoms with Crippen LogP contribution in [0.4, 0.5) is 0 Å². The minimum atomic E-state index is 0.221. The highest BCUT2D eigenvalue weighted by Gasteiger charge is 2.38. The molecular formula is C17H24N2. The van der Waals surface area contributed by atoms with E-state index in [1.165, 1.54) is 53.4 Å². The molecule has 2 aromatic rings. The maximum absolute atomic E-state index is 6.19. The van der Waals surface area contributed by atoms with Gasteiger partial charge in [0.2, 0.25) is 0 Å². The summed E-state index contributed by atoms with van der Waals surface area (Å²) in [6.45, 7) is 5.19. The van der Waals surface area contributed by atoms with E-state index >= 15 is 0 Å². The molecule has 0 saturated heterocycles. The molecule has 2 nitrogen and oxygen atoms in total. The van der Waals surface area contributed by atoms with Gasteiger partial charge in [-0.25, -0.2) is 0 Å². The SMILES string of the molecule is Cc1ccc2c(C3(CN)CCCC3)c(C)n(C)c2c1. The zero-order chi connectivity index (χ0) is 13.6. The number of aryl methyl sites for hydroxylation is 2. The number of benzene rings is 1. The molecule has 0 amide bonds. The van der Waals surface area contributed by atoms with Crippen LogP contribution in [0.3, 0.4) is 0 Å². The second kappa shape index (κ2) is 4.38. The van der Waals surface area contributed by atoms with Crippen molar-refractivity contribution in [2.24, 2.45) is 12.8 Å². The number of hydrogen-bond acceptors (Lipinski definition) is 1.